The van der Waals surface area contributed by atoms with E-state index in [1.54, 1.807) is 0 Å². The summed E-state index contributed by atoms with van der Waals surface area (Å²) in [6.07, 6.45) is 7.61. The van der Waals surface area contributed by atoms with Crippen molar-refractivity contribution < 1.29 is 14.6 Å². The second kappa shape index (κ2) is 7.23. The van der Waals surface area contributed by atoms with E-state index in [9.17, 15) is 9.90 Å². The molecule has 4 atom stereocenters. The van der Waals surface area contributed by atoms with E-state index in [4.69, 9.17) is 4.74 Å². The lowest BCUT2D eigenvalue weighted by Crippen LogP contribution is -2.55. The van der Waals surface area contributed by atoms with Crippen LogP contribution < -0.4 is 0 Å². The van der Waals surface area contributed by atoms with Crippen molar-refractivity contribution in [2.24, 2.45) is 11.3 Å². The summed E-state index contributed by atoms with van der Waals surface area (Å²) in [4.78, 5) is 13.8. The van der Waals surface area contributed by atoms with Crippen LogP contribution in [0.25, 0.3) is 6.08 Å². The Morgan fingerprint density at radius 2 is 1.69 bits per heavy atom. The van der Waals surface area contributed by atoms with Gasteiger partial charge in [0.15, 0.2) is 11.6 Å². The Kier molecular flexibility index (Phi) is 4.68. The number of aliphatic hydroxyl groups is 1. The van der Waals surface area contributed by atoms with Crippen LogP contribution in [-0.4, -0.2) is 16.7 Å². The molecular weight excluding hydrogens is 360 g/mol. The molecule has 5 rings (SSSR count). The number of allylic oxidation sites excluding steroid dienone is 1. The molecule has 0 bridgehead atoms. The maximum absolute atomic E-state index is 13.8. The van der Waals surface area contributed by atoms with Gasteiger partial charge in [0.1, 0.15) is 0 Å². The van der Waals surface area contributed by atoms with E-state index in [0.717, 1.165) is 48.8 Å². The van der Waals surface area contributed by atoms with Crippen molar-refractivity contribution in [3.05, 3.63) is 77.4 Å². The predicted octanol–water partition coefficient (Wildman–Crippen LogP) is 5.46. The molecule has 2 aliphatic carbocycles. The quantitative estimate of drug-likeness (QED) is 0.695. The lowest BCUT2D eigenvalue weighted by molar-refractivity contribution is -0.323. The maximum atomic E-state index is 13.8. The SMILES string of the molecule is O=C1/C(=C/c2ccccc2)CC[C@]12C[C@@H]1CCCC[C@@]1(O)O[C@@H]2c1ccccc1. The van der Waals surface area contributed by atoms with Crippen molar-refractivity contribution in [1.29, 1.82) is 0 Å². The van der Waals surface area contributed by atoms with E-state index in [1.165, 1.54) is 0 Å². The molecule has 1 N–H and O–H groups in total. The number of Topliss-reactive ketones (excluding diaryl/α,β-unsaturated/α-hetero) is 1. The fourth-order valence-electron chi connectivity index (χ4n) is 5.73. The van der Waals surface area contributed by atoms with Crippen LogP contribution in [0, 0.1) is 11.3 Å². The highest BCUT2D eigenvalue weighted by atomic mass is 16.6. The van der Waals surface area contributed by atoms with Crippen molar-refractivity contribution in [1.82, 2.24) is 0 Å². The van der Waals surface area contributed by atoms with Gasteiger partial charge in [-0.2, -0.15) is 0 Å². The summed E-state index contributed by atoms with van der Waals surface area (Å²) in [6, 6.07) is 20.1. The van der Waals surface area contributed by atoms with Gasteiger partial charge in [-0.05, 0) is 54.9 Å². The van der Waals surface area contributed by atoms with Crippen LogP contribution in [0.5, 0.6) is 0 Å². The minimum Gasteiger partial charge on any atom is -0.365 e. The highest BCUT2D eigenvalue weighted by Gasteiger charge is 2.61. The summed E-state index contributed by atoms with van der Waals surface area (Å²) in [5, 5.41) is 11.3. The minimum absolute atomic E-state index is 0.0382. The zero-order valence-electron chi connectivity index (χ0n) is 16.7. The van der Waals surface area contributed by atoms with Crippen LogP contribution >= 0.6 is 0 Å². The van der Waals surface area contributed by atoms with Gasteiger partial charge in [-0.15, -0.1) is 0 Å². The first-order chi connectivity index (χ1) is 14.1. The summed E-state index contributed by atoms with van der Waals surface area (Å²) in [5.74, 6) is -0.852. The number of benzene rings is 2. The van der Waals surface area contributed by atoms with Crippen LogP contribution in [0.3, 0.4) is 0 Å². The molecular formula is C26H28O3. The van der Waals surface area contributed by atoms with Crippen molar-refractivity contribution >= 4 is 11.9 Å². The van der Waals surface area contributed by atoms with E-state index in [0.29, 0.717) is 12.8 Å². The number of fused-ring (bicyclic) bond motifs is 1. The second-order valence-corrected chi connectivity index (χ2v) is 8.97. The van der Waals surface area contributed by atoms with Crippen LogP contribution in [0.2, 0.25) is 0 Å². The van der Waals surface area contributed by atoms with E-state index in [2.05, 4.69) is 0 Å². The van der Waals surface area contributed by atoms with Crippen molar-refractivity contribution in [3.63, 3.8) is 0 Å². The lowest BCUT2D eigenvalue weighted by Gasteiger charge is -2.53. The Bertz CT molecular complexity index is 919. The average molecular weight is 389 g/mol. The molecule has 1 saturated heterocycles. The smallest absolute Gasteiger partial charge is 0.169 e. The molecule has 1 heterocycles. The second-order valence-electron chi connectivity index (χ2n) is 8.97. The molecule has 3 heteroatoms. The van der Waals surface area contributed by atoms with Gasteiger partial charge in [-0.3, -0.25) is 4.79 Å². The van der Waals surface area contributed by atoms with Gasteiger partial charge in [0, 0.05) is 12.3 Å². The zero-order chi connectivity index (χ0) is 19.9. The molecule has 1 aliphatic heterocycles. The van der Waals surface area contributed by atoms with E-state index < -0.39 is 17.3 Å². The fraction of sp³-hybridized carbons (Fsp3) is 0.423. The van der Waals surface area contributed by atoms with E-state index in [1.807, 2.05) is 66.7 Å². The number of carbonyl (C=O) groups excluding carboxylic acids is 1. The molecule has 29 heavy (non-hydrogen) atoms. The van der Waals surface area contributed by atoms with Gasteiger partial charge >= 0.3 is 0 Å². The van der Waals surface area contributed by atoms with Crippen molar-refractivity contribution in [2.45, 2.75) is 56.8 Å². The molecule has 0 aromatic heterocycles. The highest BCUT2D eigenvalue weighted by Crippen LogP contribution is 2.60. The number of ether oxygens (including phenoxy) is 1. The lowest BCUT2D eigenvalue weighted by atomic mass is 9.63. The largest absolute Gasteiger partial charge is 0.365 e. The van der Waals surface area contributed by atoms with Crippen molar-refractivity contribution in [2.75, 3.05) is 0 Å². The number of carbonyl (C=O) groups is 1. The Morgan fingerprint density at radius 3 is 2.45 bits per heavy atom. The first-order valence-corrected chi connectivity index (χ1v) is 10.9. The van der Waals surface area contributed by atoms with Gasteiger partial charge in [0.25, 0.3) is 0 Å². The molecule has 3 fully saturated rings. The molecule has 2 saturated carbocycles. The monoisotopic (exact) mass is 388 g/mol. The normalized spacial score (nSPS) is 35.8. The molecule has 0 radical (unpaired) electrons. The van der Waals surface area contributed by atoms with Crippen LogP contribution in [0.15, 0.2) is 66.2 Å². The molecule has 2 aromatic carbocycles. The van der Waals surface area contributed by atoms with Crippen molar-refractivity contribution in [3.8, 4) is 0 Å². The maximum Gasteiger partial charge on any atom is 0.169 e. The minimum atomic E-state index is -1.10. The third-order valence-corrected chi connectivity index (χ3v) is 7.24. The third kappa shape index (κ3) is 3.17. The summed E-state index contributed by atoms with van der Waals surface area (Å²) >= 11 is 0. The number of hydrogen-bond donors (Lipinski definition) is 1. The van der Waals surface area contributed by atoms with Crippen LogP contribution in [0.4, 0.5) is 0 Å². The third-order valence-electron chi connectivity index (χ3n) is 7.24. The Morgan fingerprint density at radius 1 is 0.966 bits per heavy atom. The standard InChI is InChI=1S/C26H28O3/c27-23-21(17-19-9-3-1-4-10-19)14-16-25(23)18-22-13-7-8-15-26(22,28)29-24(25)20-11-5-2-6-12-20/h1-6,9-12,17,22,24,28H,7-8,13-16,18H2/b21-17+/t22-,24+,25-,26+/m0/s1. The Balaban J connectivity index is 1.55. The number of rotatable bonds is 2. The molecule has 0 unspecified atom stereocenters. The molecule has 2 aromatic rings. The number of ketones is 1. The fourth-order valence-corrected chi connectivity index (χ4v) is 5.73. The summed E-state index contributed by atoms with van der Waals surface area (Å²) in [6.45, 7) is 0. The first kappa shape index (κ1) is 18.8. The molecule has 3 nitrogen and oxygen atoms in total. The Hall–Kier alpha value is -2.23. The summed E-state index contributed by atoms with van der Waals surface area (Å²) in [7, 11) is 0. The van der Waals surface area contributed by atoms with Gasteiger partial charge in [0.05, 0.1) is 11.5 Å². The summed E-state index contributed by atoms with van der Waals surface area (Å²) < 4.78 is 6.48. The van der Waals surface area contributed by atoms with Gasteiger partial charge in [-0.25, -0.2) is 0 Å². The molecule has 150 valence electrons. The number of hydrogen-bond acceptors (Lipinski definition) is 3. The zero-order valence-corrected chi connectivity index (χ0v) is 16.7. The van der Waals surface area contributed by atoms with Gasteiger partial charge in [0.2, 0.25) is 0 Å². The van der Waals surface area contributed by atoms with Crippen LogP contribution in [0.1, 0.15) is 62.2 Å². The van der Waals surface area contributed by atoms with E-state index in [-0.39, 0.29) is 11.7 Å². The Labute approximate surface area is 172 Å². The summed E-state index contributed by atoms with van der Waals surface area (Å²) in [5.41, 5.74) is 2.38. The predicted molar refractivity (Wildman–Crippen MR) is 113 cm³/mol. The van der Waals surface area contributed by atoms with Crippen LogP contribution in [-0.2, 0) is 9.53 Å². The molecule has 1 spiro atoms. The molecule has 3 aliphatic rings. The van der Waals surface area contributed by atoms with E-state index >= 15 is 0 Å². The van der Waals surface area contributed by atoms with Gasteiger partial charge < -0.3 is 9.84 Å². The topological polar surface area (TPSA) is 46.5 Å². The first-order valence-electron chi connectivity index (χ1n) is 10.9. The molecule has 0 amide bonds. The average Bonchev–Trinajstić information content (AvgIpc) is 3.05. The highest BCUT2D eigenvalue weighted by molar-refractivity contribution is 6.06. The van der Waals surface area contributed by atoms with Gasteiger partial charge in [-0.1, -0.05) is 67.1 Å².